The van der Waals surface area contributed by atoms with Crippen LogP contribution in [0, 0.1) is 5.82 Å². The predicted molar refractivity (Wildman–Crippen MR) is 114 cm³/mol. The van der Waals surface area contributed by atoms with Crippen molar-refractivity contribution in [3.05, 3.63) is 77.2 Å². The first-order chi connectivity index (χ1) is 14.7. The lowest BCUT2D eigenvalue weighted by Crippen LogP contribution is -2.48. The van der Waals surface area contributed by atoms with Gasteiger partial charge in [-0.3, -0.25) is 9.69 Å². The Labute approximate surface area is 177 Å². The van der Waals surface area contributed by atoms with Crippen LogP contribution < -0.4 is 0 Å². The Hall–Kier alpha value is -3.10. The van der Waals surface area contributed by atoms with Crippen LogP contribution in [0.4, 0.5) is 4.39 Å². The first-order valence-electron chi connectivity index (χ1n) is 9.82. The minimum absolute atomic E-state index is 0.0635. The van der Waals surface area contributed by atoms with Crippen molar-refractivity contribution >= 4 is 22.9 Å². The standard InChI is InChI=1S/C22H20FN5OS/c23-18-5-2-1-4-16(18)15-26-9-11-27(12-10-26)22(29)17-14-25-28-19(7-8-24-21(17)28)20-6-3-13-30-20/h1-8,13-14H,9-12,15H2. The molecule has 30 heavy (non-hydrogen) atoms. The fourth-order valence-electron chi connectivity index (χ4n) is 3.80. The average molecular weight is 422 g/mol. The highest BCUT2D eigenvalue weighted by Gasteiger charge is 2.26. The van der Waals surface area contributed by atoms with E-state index in [0.29, 0.717) is 49.5 Å². The molecule has 1 saturated heterocycles. The Balaban J connectivity index is 1.31. The molecule has 4 heterocycles. The van der Waals surface area contributed by atoms with Crippen molar-refractivity contribution in [2.45, 2.75) is 6.54 Å². The van der Waals surface area contributed by atoms with Gasteiger partial charge in [0, 0.05) is 44.5 Å². The normalized spacial score (nSPS) is 15.0. The Morgan fingerprint density at radius 1 is 1.07 bits per heavy atom. The summed E-state index contributed by atoms with van der Waals surface area (Å²) in [5.74, 6) is -0.249. The van der Waals surface area contributed by atoms with Crippen LogP contribution in [0.15, 0.2) is 60.2 Å². The lowest BCUT2D eigenvalue weighted by Gasteiger charge is -2.34. The summed E-state index contributed by atoms with van der Waals surface area (Å²) in [5.41, 5.74) is 2.68. The maximum Gasteiger partial charge on any atom is 0.259 e. The summed E-state index contributed by atoms with van der Waals surface area (Å²) < 4.78 is 15.6. The summed E-state index contributed by atoms with van der Waals surface area (Å²) in [5, 5.41) is 6.44. The topological polar surface area (TPSA) is 53.7 Å². The maximum absolute atomic E-state index is 13.9. The van der Waals surface area contributed by atoms with Crippen molar-refractivity contribution in [3.8, 4) is 10.6 Å². The van der Waals surface area contributed by atoms with Crippen LogP contribution in [0.1, 0.15) is 15.9 Å². The van der Waals surface area contributed by atoms with E-state index < -0.39 is 0 Å². The Kier molecular flexibility index (Phi) is 5.02. The molecule has 0 unspecified atom stereocenters. The van der Waals surface area contributed by atoms with E-state index in [-0.39, 0.29) is 11.7 Å². The number of nitrogens with zero attached hydrogens (tertiary/aromatic N) is 5. The monoisotopic (exact) mass is 421 g/mol. The zero-order valence-electron chi connectivity index (χ0n) is 16.2. The van der Waals surface area contributed by atoms with Gasteiger partial charge < -0.3 is 4.90 Å². The Morgan fingerprint density at radius 3 is 2.67 bits per heavy atom. The van der Waals surface area contributed by atoms with E-state index in [1.165, 1.54) is 6.07 Å². The van der Waals surface area contributed by atoms with Crippen molar-refractivity contribution in [3.63, 3.8) is 0 Å². The molecule has 152 valence electrons. The van der Waals surface area contributed by atoms with E-state index in [1.807, 2.05) is 40.6 Å². The van der Waals surface area contributed by atoms with Crippen molar-refractivity contribution in [1.82, 2.24) is 24.4 Å². The van der Waals surface area contributed by atoms with Gasteiger partial charge in [0.1, 0.15) is 11.4 Å². The molecular weight excluding hydrogens is 401 g/mol. The molecule has 0 spiro atoms. The van der Waals surface area contributed by atoms with Crippen LogP contribution in [-0.2, 0) is 6.54 Å². The van der Waals surface area contributed by atoms with Gasteiger partial charge in [-0.2, -0.15) is 5.10 Å². The van der Waals surface area contributed by atoms with Gasteiger partial charge in [-0.15, -0.1) is 11.3 Å². The average Bonchev–Trinajstić information content (AvgIpc) is 3.45. The number of carbonyl (C=O) groups excluding carboxylic acids is 1. The van der Waals surface area contributed by atoms with Crippen molar-refractivity contribution in [2.24, 2.45) is 0 Å². The van der Waals surface area contributed by atoms with E-state index in [4.69, 9.17) is 0 Å². The highest BCUT2D eigenvalue weighted by Crippen LogP contribution is 2.25. The van der Waals surface area contributed by atoms with Gasteiger partial charge in [-0.25, -0.2) is 13.9 Å². The summed E-state index contributed by atoms with van der Waals surface area (Å²) >= 11 is 1.62. The molecular formula is C22H20FN5OS. The molecule has 8 heteroatoms. The third-order valence-electron chi connectivity index (χ3n) is 5.42. The molecule has 3 aromatic heterocycles. The van der Waals surface area contributed by atoms with E-state index in [0.717, 1.165) is 10.6 Å². The summed E-state index contributed by atoms with van der Waals surface area (Å²) in [6.07, 6.45) is 3.32. The van der Waals surface area contributed by atoms with Gasteiger partial charge in [0.05, 0.1) is 16.8 Å². The maximum atomic E-state index is 13.9. The lowest BCUT2D eigenvalue weighted by atomic mass is 10.1. The van der Waals surface area contributed by atoms with Crippen LogP contribution >= 0.6 is 11.3 Å². The lowest BCUT2D eigenvalue weighted by molar-refractivity contribution is 0.0628. The number of piperazine rings is 1. The first kappa shape index (κ1) is 18.9. The number of fused-ring (bicyclic) bond motifs is 1. The second-order valence-electron chi connectivity index (χ2n) is 7.26. The SMILES string of the molecule is O=C(c1cnn2c(-c3cccs3)ccnc12)N1CCN(Cc2ccccc2F)CC1. The molecule has 4 aromatic rings. The van der Waals surface area contributed by atoms with Gasteiger partial charge in [-0.05, 0) is 23.6 Å². The van der Waals surface area contributed by atoms with Crippen LogP contribution in [0.3, 0.4) is 0 Å². The fraction of sp³-hybridized carbons (Fsp3) is 0.227. The van der Waals surface area contributed by atoms with E-state index in [9.17, 15) is 9.18 Å². The molecule has 1 aliphatic rings. The van der Waals surface area contributed by atoms with E-state index in [1.54, 1.807) is 34.3 Å². The van der Waals surface area contributed by atoms with Crippen LogP contribution in [0.25, 0.3) is 16.2 Å². The summed E-state index contributed by atoms with van der Waals surface area (Å²) in [4.78, 5) is 22.6. The highest BCUT2D eigenvalue weighted by atomic mass is 32.1. The smallest absolute Gasteiger partial charge is 0.259 e. The zero-order valence-corrected chi connectivity index (χ0v) is 17.1. The molecule has 5 rings (SSSR count). The minimum atomic E-state index is -0.185. The van der Waals surface area contributed by atoms with Gasteiger partial charge in [-0.1, -0.05) is 24.3 Å². The van der Waals surface area contributed by atoms with Crippen LogP contribution in [-0.4, -0.2) is 56.5 Å². The molecule has 0 aliphatic carbocycles. The van der Waals surface area contributed by atoms with Gasteiger partial charge >= 0.3 is 0 Å². The van der Waals surface area contributed by atoms with Gasteiger partial charge in [0.15, 0.2) is 5.65 Å². The van der Waals surface area contributed by atoms with Crippen LogP contribution in [0.2, 0.25) is 0 Å². The number of rotatable bonds is 4. The predicted octanol–water partition coefficient (Wildman–Crippen LogP) is 3.55. The quantitative estimate of drug-likeness (QED) is 0.506. The molecule has 1 amide bonds. The third-order valence-corrected chi connectivity index (χ3v) is 6.31. The number of hydrogen-bond donors (Lipinski definition) is 0. The van der Waals surface area contributed by atoms with Gasteiger partial charge in [0.25, 0.3) is 5.91 Å². The van der Waals surface area contributed by atoms with Crippen molar-refractivity contribution in [2.75, 3.05) is 26.2 Å². The summed E-state index contributed by atoms with van der Waals surface area (Å²) in [6.45, 7) is 3.14. The molecule has 1 aliphatic heterocycles. The number of aromatic nitrogens is 3. The molecule has 0 N–H and O–H groups in total. The largest absolute Gasteiger partial charge is 0.336 e. The number of amides is 1. The van der Waals surface area contributed by atoms with Crippen molar-refractivity contribution < 1.29 is 9.18 Å². The minimum Gasteiger partial charge on any atom is -0.336 e. The molecule has 6 nitrogen and oxygen atoms in total. The number of thiophene rings is 1. The highest BCUT2D eigenvalue weighted by molar-refractivity contribution is 7.13. The first-order valence-corrected chi connectivity index (χ1v) is 10.7. The van der Waals surface area contributed by atoms with E-state index >= 15 is 0 Å². The molecule has 1 fully saturated rings. The molecule has 1 aromatic carbocycles. The number of halogens is 1. The second-order valence-corrected chi connectivity index (χ2v) is 8.21. The van der Waals surface area contributed by atoms with Crippen LogP contribution in [0.5, 0.6) is 0 Å². The number of carbonyl (C=O) groups is 1. The zero-order chi connectivity index (χ0) is 20.5. The molecule has 0 atom stereocenters. The fourth-order valence-corrected chi connectivity index (χ4v) is 4.54. The molecule has 0 bridgehead atoms. The summed E-state index contributed by atoms with van der Waals surface area (Å²) in [6, 6.07) is 12.8. The summed E-state index contributed by atoms with van der Waals surface area (Å²) in [7, 11) is 0. The number of hydrogen-bond acceptors (Lipinski definition) is 5. The third kappa shape index (κ3) is 3.48. The second kappa shape index (κ2) is 7.97. The molecule has 0 radical (unpaired) electrons. The van der Waals surface area contributed by atoms with E-state index in [2.05, 4.69) is 15.0 Å². The number of benzene rings is 1. The Bertz CT molecular complexity index is 1180. The molecule has 0 saturated carbocycles. The van der Waals surface area contributed by atoms with Gasteiger partial charge in [0.2, 0.25) is 0 Å². The van der Waals surface area contributed by atoms with Crippen molar-refractivity contribution in [1.29, 1.82) is 0 Å². The Morgan fingerprint density at radius 2 is 1.90 bits per heavy atom.